The van der Waals surface area contributed by atoms with Gasteiger partial charge in [-0.05, 0) is 35.4 Å². The Morgan fingerprint density at radius 2 is 1.73 bits per heavy atom. The van der Waals surface area contributed by atoms with Crippen molar-refractivity contribution in [1.82, 2.24) is 15.3 Å². The van der Waals surface area contributed by atoms with Gasteiger partial charge >= 0.3 is 6.03 Å². The molecule has 0 aliphatic carbocycles. The minimum absolute atomic E-state index is 0.401. The first-order valence-corrected chi connectivity index (χ1v) is 12.0. The molecule has 2 N–H and O–H groups in total. The van der Waals surface area contributed by atoms with Gasteiger partial charge in [-0.3, -0.25) is 5.43 Å². The Morgan fingerprint density at radius 3 is 2.39 bits per heavy atom. The number of urea groups is 1. The monoisotopic (exact) mass is 534 g/mol. The van der Waals surface area contributed by atoms with Gasteiger partial charge in [-0.15, -0.1) is 4.83 Å². The number of nitrogens with zero attached hydrogens (tertiary/aromatic N) is 2. The third-order valence-electron chi connectivity index (χ3n) is 4.96. The lowest BCUT2D eigenvalue weighted by Gasteiger charge is -2.22. The molecule has 0 saturated heterocycles. The molecule has 1 aliphatic heterocycles. The summed E-state index contributed by atoms with van der Waals surface area (Å²) in [5.41, 5.74) is 4.32. The molecule has 0 radical (unpaired) electrons. The number of hydrogen-bond acceptors (Lipinski definition) is 4. The van der Waals surface area contributed by atoms with E-state index in [1.165, 1.54) is 0 Å². The molecule has 2 amide bonds. The van der Waals surface area contributed by atoms with E-state index >= 15 is 0 Å². The van der Waals surface area contributed by atoms with E-state index < -0.39 is 38.6 Å². The average molecular weight is 535 g/mol. The summed E-state index contributed by atoms with van der Waals surface area (Å²) in [6.45, 7) is 0. The fourth-order valence-corrected chi connectivity index (χ4v) is 4.52. The molecule has 3 aromatic carbocycles. The second kappa shape index (κ2) is 9.38. The summed E-state index contributed by atoms with van der Waals surface area (Å²) in [5, 5.41) is 5.54. The molecule has 0 aromatic heterocycles. The van der Waals surface area contributed by atoms with Gasteiger partial charge in [-0.25, -0.2) is 27.0 Å². The van der Waals surface area contributed by atoms with Crippen molar-refractivity contribution in [2.45, 2.75) is 17.4 Å². The zero-order chi connectivity index (χ0) is 23.6. The number of carbonyl (C=O) groups excluding carboxylic acids is 1. The normalized spacial score (nSPS) is 15.9. The van der Waals surface area contributed by atoms with E-state index in [0.717, 1.165) is 32.7 Å². The first-order valence-electron chi connectivity index (χ1n) is 9.69. The van der Waals surface area contributed by atoms with Gasteiger partial charge in [0.15, 0.2) is 0 Å². The Kier molecular flexibility index (Phi) is 6.54. The zero-order valence-electron chi connectivity index (χ0n) is 16.9. The highest BCUT2D eigenvalue weighted by atomic mass is 79.9. The second-order valence-corrected chi connectivity index (χ2v) is 9.71. The fourth-order valence-electron chi connectivity index (χ4n) is 3.36. The maximum atomic E-state index is 13.9. The Morgan fingerprint density at radius 1 is 1.03 bits per heavy atom. The minimum atomic E-state index is -4.49. The standard InChI is InChI=1S/C22H17BrF2N4O3S/c23-16-8-6-15(7-9-16)20-13-19(14-4-2-1-3-5-14)27-29(20)22(30)26-28-33(31,32)21-11-10-17(24)12-18(21)25/h1-12,20,28H,13H2,(H,26,30). The van der Waals surface area contributed by atoms with E-state index in [1.54, 1.807) is 0 Å². The Bertz CT molecular complexity index is 1320. The van der Waals surface area contributed by atoms with Crippen molar-refractivity contribution >= 4 is 37.7 Å². The molecule has 1 aliphatic rings. The SMILES string of the molecule is O=C(NNS(=O)(=O)c1ccc(F)cc1F)N1N=C(c2ccccc2)CC1c1ccc(Br)cc1. The third kappa shape index (κ3) is 5.10. The molecule has 0 fully saturated rings. The van der Waals surface area contributed by atoms with Crippen molar-refractivity contribution in [2.24, 2.45) is 5.10 Å². The van der Waals surface area contributed by atoms with Gasteiger partial charge in [0, 0.05) is 17.0 Å². The summed E-state index contributed by atoms with van der Waals surface area (Å²) >= 11 is 3.37. The van der Waals surface area contributed by atoms with Gasteiger partial charge in [-0.1, -0.05) is 58.4 Å². The van der Waals surface area contributed by atoms with E-state index in [1.807, 2.05) is 59.4 Å². The summed E-state index contributed by atoms with van der Waals surface area (Å²) < 4.78 is 52.7. The molecule has 0 saturated carbocycles. The molecule has 3 aromatic rings. The summed E-state index contributed by atoms with van der Waals surface area (Å²) in [5.74, 6) is -2.21. The minimum Gasteiger partial charge on any atom is -0.258 e. The number of hydrogen-bond donors (Lipinski definition) is 2. The molecule has 1 heterocycles. The third-order valence-corrected chi connectivity index (χ3v) is 6.77. The highest BCUT2D eigenvalue weighted by Gasteiger charge is 2.34. The maximum absolute atomic E-state index is 13.9. The molecular weight excluding hydrogens is 518 g/mol. The van der Waals surface area contributed by atoms with Crippen molar-refractivity contribution < 1.29 is 22.0 Å². The maximum Gasteiger partial charge on any atom is 0.353 e. The van der Waals surface area contributed by atoms with Crippen LogP contribution in [0.3, 0.4) is 0 Å². The second-order valence-electron chi connectivity index (χ2n) is 7.14. The predicted octanol–water partition coefficient (Wildman–Crippen LogP) is 4.48. The molecule has 1 unspecified atom stereocenters. The van der Waals surface area contributed by atoms with Crippen LogP contribution in [-0.4, -0.2) is 25.2 Å². The summed E-state index contributed by atoms with van der Waals surface area (Å²) in [6.07, 6.45) is 0.401. The first kappa shape index (κ1) is 23.0. The number of nitrogens with one attached hydrogen (secondary N) is 2. The predicted molar refractivity (Wildman–Crippen MR) is 122 cm³/mol. The van der Waals surface area contributed by atoms with Crippen LogP contribution in [0.1, 0.15) is 23.6 Å². The van der Waals surface area contributed by atoms with Gasteiger partial charge < -0.3 is 0 Å². The van der Waals surface area contributed by atoms with Crippen molar-refractivity contribution in [3.05, 3.63) is 100 Å². The lowest BCUT2D eigenvalue weighted by Crippen LogP contribution is -2.47. The number of hydrazone groups is 1. The Hall–Kier alpha value is -3.15. The van der Waals surface area contributed by atoms with Crippen LogP contribution in [0, 0.1) is 11.6 Å². The van der Waals surface area contributed by atoms with Crippen molar-refractivity contribution in [3.63, 3.8) is 0 Å². The molecule has 4 rings (SSSR count). The fraction of sp³-hybridized carbons (Fsp3) is 0.0909. The zero-order valence-corrected chi connectivity index (χ0v) is 19.3. The number of halogens is 3. The number of rotatable bonds is 5. The average Bonchev–Trinajstić information content (AvgIpc) is 3.24. The van der Waals surface area contributed by atoms with Gasteiger partial charge in [0.2, 0.25) is 0 Å². The molecule has 7 nitrogen and oxygen atoms in total. The first-order chi connectivity index (χ1) is 15.7. The number of benzene rings is 3. The number of sulfonamides is 1. The van der Waals surface area contributed by atoms with Crippen LogP contribution < -0.4 is 10.3 Å². The summed E-state index contributed by atoms with van der Waals surface area (Å²) in [6, 6.07) is 17.2. The molecule has 0 bridgehead atoms. The van der Waals surface area contributed by atoms with Crippen LogP contribution >= 0.6 is 15.9 Å². The molecular formula is C22H17BrF2N4O3S. The van der Waals surface area contributed by atoms with E-state index in [2.05, 4.69) is 26.5 Å². The van der Waals surface area contributed by atoms with Crippen LogP contribution in [0.5, 0.6) is 0 Å². The molecule has 1 atom stereocenters. The van der Waals surface area contributed by atoms with Crippen LogP contribution in [0.25, 0.3) is 0 Å². The quantitative estimate of drug-likeness (QED) is 0.472. The highest BCUT2D eigenvalue weighted by Crippen LogP contribution is 2.33. The molecule has 170 valence electrons. The highest BCUT2D eigenvalue weighted by molar-refractivity contribution is 9.10. The Balaban J connectivity index is 1.58. The van der Waals surface area contributed by atoms with E-state index in [9.17, 15) is 22.0 Å². The van der Waals surface area contributed by atoms with Crippen LogP contribution in [-0.2, 0) is 10.0 Å². The van der Waals surface area contributed by atoms with Gasteiger partial charge in [-0.2, -0.15) is 5.10 Å². The summed E-state index contributed by atoms with van der Waals surface area (Å²) in [7, 11) is -4.49. The van der Waals surface area contributed by atoms with Gasteiger partial charge in [0.1, 0.15) is 16.5 Å². The lowest BCUT2D eigenvalue weighted by molar-refractivity contribution is 0.184. The molecule has 0 spiro atoms. The smallest absolute Gasteiger partial charge is 0.258 e. The van der Waals surface area contributed by atoms with Crippen LogP contribution in [0.4, 0.5) is 13.6 Å². The van der Waals surface area contributed by atoms with Crippen molar-refractivity contribution in [3.8, 4) is 0 Å². The Labute approximate surface area is 197 Å². The molecule has 33 heavy (non-hydrogen) atoms. The number of carbonyl (C=O) groups is 1. The lowest BCUT2D eigenvalue weighted by atomic mass is 9.99. The number of hydrazine groups is 1. The van der Waals surface area contributed by atoms with E-state index in [-0.39, 0.29) is 0 Å². The van der Waals surface area contributed by atoms with Crippen molar-refractivity contribution in [1.29, 1.82) is 0 Å². The van der Waals surface area contributed by atoms with E-state index in [4.69, 9.17) is 0 Å². The number of amides is 2. The van der Waals surface area contributed by atoms with Crippen LogP contribution in [0.15, 0.2) is 87.3 Å². The largest absolute Gasteiger partial charge is 0.353 e. The summed E-state index contributed by atoms with van der Waals surface area (Å²) in [4.78, 5) is 13.9. The van der Waals surface area contributed by atoms with E-state index in [0.29, 0.717) is 18.2 Å². The van der Waals surface area contributed by atoms with Gasteiger partial charge in [0.25, 0.3) is 10.0 Å². The van der Waals surface area contributed by atoms with Gasteiger partial charge in [0.05, 0.1) is 11.8 Å². The topological polar surface area (TPSA) is 90.9 Å². The molecule has 11 heteroatoms. The van der Waals surface area contributed by atoms with Crippen molar-refractivity contribution in [2.75, 3.05) is 0 Å². The van der Waals surface area contributed by atoms with Crippen LogP contribution in [0.2, 0.25) is 0 Å².